The number of ether oxygens (including phenoxy) is 1. The molecule has 0 radical (unpaired) electrons. The first-order chi connectivity index (χ1) is 12.7. The van der Waals surface area contributed by atoms with Gasteiger partial charge < -0.3 is 19.9 Å². The van der Waals surface area contributed by atoms with Gasteiger partial charge in [-0.2, -0.15) is 15.3 Å². The van der Waals surface area contributed by atoms with E-state index in [1.165, 1.54) is 0 Å². The molecule has 2 aromatic rings. The Hall–Kier alpha value is -3.41. The molecule has 0 atom stereocenters. The van der Waals surface area contributed by atoms with Crippen LogP contribution in [0.1, 0.15) is 12.5 Å². The second kappa shape index (κ2) is 8.11. The van der Waals surface area contributed by atoms with E-state index in [0.717, 1.165) is 5.69 Å². The van der Waals surface area contributed by atoms with Crippen LogP contribution in [0, 0.1) is 11.3 Å². The van der Waals surface area contributed by atoms with Crippen molar-refractivity contribution in [3.8, 4) is 6.07 Å². The molecule has 0 unspecified atom stereocenters. The van der Waals surface area contributed by atoms with E-state index in [0.29, 0.717) is 50.1 Å². The third-order valence-electron chi connectivity index (χ3n) is 3.92. The van der Waals surface area contributed by atoms with E-state index in [9.17, 15) is 4.79 Å². The van der Waals surface area contributed by atoms with Gasteiger partial charge in [-0.05, 0) is 25.1 Å². The van der Waals surface area contributed by atoms with Crippen molar-refractivity contribution in [1.82, 2.24) is 20.1 Å². The summed E-state index contributed by atoms with van der Waals surface area (Å²) in [5.41, 5.74) is 1.27. The van der Waals surface area contributed by atoms with Crippen molar-refractivity contribution in [1.29, 1.82) is 5.26 Å². The Kier molecular flexibility index (Phi) is 5.43. The molecule has 0 saturated carbocycles. The summed E-state index contributed by atoms with van der Waals surface area (Å²) in [6, 6.07) is 9.15. The van der Waals surface area contributed by atoms with E-state index in [-0.39, 0.29) is 6.09 Å². The Morgan fingerprint density at radius 1 is 1.35 bits per heavy atom. The smallest absolute Gasteiger partial charge is 0.409 e. The zero-order valence-electron chi connectivity index (χ0n) is 14.4. The van der Waals surface area contributed by atoms with Crippen LogP contribution in [0.2, 0.25) is 0 Å². The number of anilines is 3. The summed E-state index contributed by atoms with van der Waals surface area (Å²) >= 11 is 0. The fraction of sp³-hybridized carbons (Fsp3) is 0.353. The third-order valence-corrected chi connectivity index (χ3v) is 3.92. The molecule has 9 nitrogen and oxygen atoms in total. The van der Waals surface area contributed by atoms with Gasteiger partial charge in [-0.1, -0.05) is 6.07 Å². The fourth-order valence-electron chi connectivity index (χ4n) is 2.63. The highest BCUT2D eigenvalue weighted by Crippen LogP contribution is 2.18. The molecule has 1 aromatic carbocycles. The first kappa shape index (κ1) is 17.4. The molecule has 26 heavy (non-hydrogen) atoms. The van der Waals surface area contributed by atoms with Gasteiger partial charge in [0.2, 0.25) is 5.95 Å². The number of carbonyl (C=O) groups excluding carboxylic acids is 1. The average Bonchev–Trinajstić information content (AvgIpc) is 2.69. The molecule has 134 valence electrons. The molecule has 0 aliphatic carbocycles. The van der Waals surface area contributed by atoms with Gasteiger partial charge in [0.15, 0.2) is 5.82 Å². The SMILES string of the molecule is CCOC(=O)N1CCN(c2cnnc(Nc3cccc(C#N)c3)n2)CC1. The topological polar surface area (TPSA) is 107 Å². The van der Waals surface area contributed by atoms with Crippen LogP contribution in [0.5, 0.6) is 0 Å². The predicted molar refractivity (Wildman–Crippen MR) is 95.1 cm³/mol. The number of nitrogens with one attached hydrogen (secondary N) is 1. The maximum atomic E-state index is 11.8. The molecule has 2 heterocycles. The lowest BCUT2D eigenvalue weighted by atomic mass is 10.2. The molecule has 1 aliphatic heterocycles. The van der Waals surface area contributed by atoms with Crippen molar-refractivity contribution >= 4 is 23.5 Å². The third kappa shape index (κ3) is 4.16. The molecule has 1 aliphatic rings. The van der Waals surface area contributed by atoms with Crippen LogP contribution in [-0.4, -0.2) is 59.0 Å². The molecule has 3 rings (SSSR count). The minimum absolute atomic E-state index is 0.285. The van der Waals surface area contributed by atoms with Gasteiger partial charge in [-0.25, -0.2) is 4.79 Å². The highest BCUT2D eigenvalue weighted by Gasteiger charge is 2.23. The lowest BCUT2D eigenvalue weighted by Crippen LogP contribution is -2.49. The number of aromatic nitrogens is 3. The molecule has 1 fully saturated rings. The summed E-state index contributed by atoms with van der Waals surface area (Å²) in [5, 5.41) is 20.0. The maximum absolute atomic E-state index is 11.8. The number of nitrogens with zero attached hydrogens (tertiary/aromatic N) is 6. The summed E-state index contributed by atoms with van der Waals surface area (Å²) < 4.78 is 5.02. The number of carbonyl (C=O) groups is 1. The average molecular weight is 353 g/mol. The monoisotopic (exact) mass is 353 g/mol. The van der Waals surface area contributed by atoms with E-state index in [4.69, 9.17) is 10.00 Å². The summed E-state index contributed by atoms with van der Waals surface area (Å²) in [5.74, 6) is 1.04. The van der Waals surface area contributed by atoms with Crippen molar-refractivity contribution in [2.45, 2.75) is 6.92 Å². The molecular weight excluding hydrogens is 334 g/mol. The number of benzene rings is 1. The molecule has 1 amide bonds. The Morgan fingerprint density at radius 3 is 2.88 bits per heavy atom. The summed E-state index contributed by atoms with van der Waals surface area (Å²) in [7, 11) is 0. The van der Waals surface area contributed by atoms with Gasteiger partial charge in [0.1, 0.15) is 0 Å². The summed E-state index contributed by atoms with van der Waals surface area (Å²) in [4.78, 5) is 20.0. The first-order valence-electron chi connectivity index (χ1n) is 8.33. The van der Waals surface area contributed by atoms with Crippen LogP contribution >= 0.6 is 0 Å². The summed E-state index contributed by atoms with van der Waals surface area (Å²) in [6.07, 6.45) is 1.31. The molecule has 0 spiro atoms. The van der Waals surface area contributed by atoms with Crippen LogP contribution in [0.3, 0.4) is 0 Å². The number of hydrogen-bond donors (Lipinski definition) is 1. The van der Waals surface area contributed by atoms with Crippen LogP contribution in [0.15, 0.2) is 30.5 Å². The first-order valence-corrected chi connectivity index (χ1v) is 8.33. The quantitative estimate of drug-likeness (QED) is 0.886. The Bertz CT molecular complexity index is 813. The van der Waals surface area contributed by atoms with Crippen molar-refractivity contribution in [3.63, 3.8) is 0 Å². The van der Waals surface area contributed by atoms with E-state index in [2.05, 4.69) is 26.6 Å². The normalized spacial score (nSPS) is 13.8. The van der Waals surface area contributed by atoms with E-state index in [1.807, 2.05) is 11.0 Å². The predicted octanol–water partition coefficient (Wildman–Crippen LogP) is 1.77. The minimum Gasteiger partial charge on any atom is -0.450 e. The number of rotatable bonds is 4. The van der Waals surface area contributed by atoms with Gasteiger partial charge in [0.25, 0.3) is 0 Å². The molecule has 1 aromatic heterocycles. The molecule has 9 heteroatoms. The van der Waals surface area contributed by atoms with E-state index in [1.54, 1.807) is 36.2 Å². The van der Waals surface area contributed by atoms with E-state index < -0.39 is 0 Å². The second-order valence-corrected chi connectivity index (χ2v) is 5.63. The lowest BCUT2D eigenvalue weighted by Gasteiger charge is -2.34. The minimum atomic E-state index is -0.285. The van der Waals surface area contributed by atoms with Gasteiger partial charge in [-0.3, -0.25) is 0 Å². The second-order valence-electron chi connectivity index (χ2n) is 5.63. The molecule has 1 saturated heterocycles. The van der Waals surface area contributed by atoms with Crippen LogP contribution in [0.25, 0.3) is 0 Å². The number of piperazine rings is 1. The number of amides is 1. The van der Waals surface area contributed by atoms with Crippen molar-refractivity contribution in [2.24, 2.45) is 0 Å². The van der Waals surface area contributed by atoms with Gasteiger partial charge in [0.05, 0.1) is 24.4 Å². The highest BCUT2D eigenvalue weighted by molar-refractivity contribution is 5.68. The fourth-order valence-corrected chi connectivity index (χ4v) is 2.63. The van der Waals surface area contributed by atoms with Crippen molar-refractivity contribution < 1.29 is 9.53 Å². The molecule has 1 N–H and O–H groups in total. The number of hydrogen-bond acceptors (Lipinski definition) is 8. The van der Waals surface area contributed by atoms with E-state index >= 15 is 0 Å². The standard InChI is InChI=1S/C17H19N7O2/c1-2-26-17(25)24-8-6-23(7-9-24)15-12-19-22-16(21-15)20-14-5-3-4-13(10-14)11-18/h3-5,10,12H,2,6-9H2,1H3,(H,20,21,22). The van der Waals surface area contributed by atoms with Gasteiger partial charge >= 0.3 is 6.09 Å². The number of nitriles is 1. The molecular formula is C17H19N7O2. The van der Waals surface area contributed by atoms with Gasteiger partial charge in [0, 0.05) is 31.9 Å². The maximum Gasteiger partial charge on any atom is 0.409 e. The van der Waals surface area contributed by atoms with Gasteiger partial charge in [-0.15, -0.1) is 5.10 Å². The largest absolute Gasteiger partial charge is 0.450 e. The Balaban J connectivity index is 1.65. The zero-order valence-corrected chi connectivity index (χ0v) is 14.4. The van der Waals surface area contributed by atoms with Crippen LogP contribution in [0.4, 0.5) is 22.2 Å². The Labute approximate surface area is 151 Å². The lowest BCUT2D eigenvalue weighted by molar-refractivity contribution is 0.105. The zero-order chi connectivity index (χ0) is 18.4. The van der Waals surface area contributed by atoms with Crippen LogP contribution in [-0.2, 0) is 4.74 Å². The van der Waals surface area contributed by atoms with Crippen molar-refractivity contribution in [3.05, 3.63) is 36.0 Å². The van der Waals surface area contributed by atoms with Crippen LogP contribution < -0.4 is 10.2 Å². The molecule has 0 bridgehead atoms. The van der Waals surface area contributed by atoms with Crippen molar-refractivity contribution in [2.75, 3.05) is 43.0 Å². The summed E-state index contributed by atoms with van der Waals surface area (Å²) in [6.45, 7) is 4.58. The Morgan fingerprint density at radius 2 is 2.15 bits per heavy atom. The highest BCUT2D eigenvalue weighted by atomic mass is 16.6.